The Bertz CT molecular complexity index is 1160. The Balaban J connectivity index is 1.51. The van der Waals surface area contributed by atoms with Crippen molar-refractivity contribution in [1.82, 2.24) is 9.47 Å². The first kappa shape index (κ1) is 23.4. The highest BCUT2D eigenvalue weighted by Gasteiger charge is 2.37. The van der Waals surface area contributed by atoms with Gasteiger partial charge in [0.15, 0.2) is 0 Å². The van der Waals surface area contributed by atoms with Crippen LogP contribution in [-0.4, -0.2) is 34.4 Å². The van der Waals surface area contributed by atoms with Crippen molar-refractivity contribution in [2.75, 3.05) is 18.0 Å². The summed E-state index contributed by atoms with van der Waals surface area (Å²) in [6, 6.07) is 22.2. The van der Waals surface area contributed by atoms with E-state index < -0.39 is 0 Å². The summed E-state index contributed by atoms with van der Waals surface area (Å²) in [5, 5.41) is 0. The maximum Gasteiger partial charge on any atom is 0.247 e. The van der Waals surface area contributed by atoms with E-state index in [0.29, 0.717) is 6.54 Å². The third-order valence-corrected chi connectivity index (χ3v) is 7.48. The lowest BCUT2D eigenvalue weighted by Gasteiger charge is -2.40. The molecule has 2 heterocycles. The van der Waals surface area contributed by atoms with Crippen LogP contribution in [0.1, 0.15) is 69.2 Å². The van der Waals surface area contributed by atoms with Gasteiger partial charge in [0.1, 0.15) is 12.6 Å². The van der Waals surface area contributed by atoms with E-state index in [9.17, 15) is 9.59 Å². The van der Waals surface area contributed by atoms with Crippen LogP contribution in [-0.2, 0) is 9.59 Å². The molecule has 1 unspecified atom stereocenters. The number of hydrogen-bond acceptors (Lipinski definition) is 2. The molecule has 1 atom stereocenters. The SMILES string of the molecule is CCCCN(CC(=O)N1c2ccccc2-n2cccc2C1c1ccccc1)C(=O)C1CCCCC1. The summed E-state index contributed by atoms with van der Waals surface area (Å²) in [4.78, 5) is 31.5. The molecule has 0 spiro atoms. The number of benzene rings is 2. The lowest BCUT2D eigenvalue weighted by molar-refractivity contribution is -0.139. The summed E-state index contributed by atoms with van der Waals surface area (Å²) < 4.78 is 2.18. The van der Waals surface area contributed by atoms with Crippen LogP contribution in [0.2, 0.25) is 0 Å². The largest absolute Gasteiger partial charge is 0.333 e. The summed E-state index contributed by atoms with van der Waals surface area (Å²) in [5.74, 6) is 0.194. The van der Waals surface area contributed by atoms with Crippen LogP contribution in [0, 0.1) is 5.92 Å². The first-order valence-corrected chi connectivity index (χ1v) is 13.1. The van der Waals surface area contributed by atoms with E-state index in [4.69, 9.17) is 0 Å². The quantitative estimate of drug-likeness (QED) is 0.418. The number of aromatic nitrogens is 1. The fraction of sp³-hybridized carbons (Fsp3) is 0.400. The van der Waals surface area contributed by atoms with Gasteiger partial charge >= 0.3 is 0 Å². The van der Waals surface area contributed by atoms with Gasteiger partial charge in [0.2, 0.25) is 11.8 Å². The molecule has 0 N–H and O–H groups in total. The number of para-hydroxylation sites is 2. The zero-order chi connectivity index (χ0) is 24.2. The Kier molecular flexibility index (Phi) is 7.03. The molecular weight excluding hydrogens is 434 g/mol. The van der Waals surface area contributed by atoms with E-state index in [1.54, 1.807) is 0 Å². The Hall–Kier alpha value is -3.34. The molecule has 1 aliphatic heterocycles. The van der Waals surface area contributed by atoms with Crippen molar-refractivity contribution >= 4 is 17.5 Å². The van der Waals surface area contributed by atoms with Gasteiger partial charge < -0.3 is 9.47 Å². The third kappa shape index (κ3) is 4.64. The molecule has 2 aromatic carbocycles. The summed E-state index contributed by atoms with van der Waals surface area (Å²) in [7, 11) is 0. The zero-order valence-corrected chi connectivity index (χ0v) is 20.6. The predicted molar refractivity (Wildman–Crippen MR) is 140 cm³/mol. The molecule has 182 valence electrons. The van der Waals surface area contributed by atoms with Gasteiger partial charge in [-0.1, -0.05) is 75.1 Å². The van der Waals surface area contributed by atoms with Gasteiger partial charge in [-0.05, 0) is 49.1 Å². The maximum absolute atomic E-state index is 14.2. The standard InChI is InChI=1S/C30H35N3O2/c1-2-3-20-31(30(35)24-15-8-5-9-16-24)22-28(34)33-26-18-11-10-17-25(26)32-21-12-19-27(32)29(33)23-13-6-4-7-14-23/h4,6-7,10-14,17-19,21,24,29H,2-3,5,8-9,15-16,20,22H2,1H3. The lowest BCUT2D eigenvalue weighted by Crippen LogP contribution is -2.48. The van der Waals surface area contributed by atoms with Crippen molar-refractivity contribution in [1.29, 1.82) is 0 Å². The monoisotopic (exact) mass is 469 g/mol. The molecule has 1 saturated carbocycles. The number of hydrogen-bond donors (Lipinski definition) is 0. The van der Waals surface area contributed by atoms with Gasteiger partial charge in [-0.15, -0.1) is 0 Å². The smallest absolute Gasteiger partial charge is 0.247 e. The maximum atomic E-state index is 14.2. The van der Waals surface area contributed by atoms with Crippen molar-refractivity contribution in [3.63, 3.8) is 0 Å². The highest BCUT2D eigenvalue weighted by atomic mass is 16.2. The molecule has 1 aromatic heterocycles. The van der Waals surface area contributed by atoms with Crippen LogP contribution in [0.5, 0.6) is 0 Å². The number of nitrogens with zero attached hydrogens (tertiary/aromatic N) is 3. The fourth-order valence-corrected chi connectivity index (χ4v) is 5.68. The second kappa shape index (κ2) is 10.5. The van der Waals surface area contributed by atoms with E-state index in [0.717, 1.165) is 61.2 Å². The van der Waals surface area contributed by atoms with Gasteiger partial charge in [0.25, 0.3) is 0 Å². The van der Waals surface area contributed by atoms with Crippen molar-refractivity contribution in [2.45, 2.75) is 57.9 Å². The van der Waals surface area contributed by atoms with Crippen molar-refractivity contribution in [2.24, 2.45) is 5.92 Å². The molecule has 5 rings (SSSR count). The van der Waals surface area contributed by atoms with Gasteiger partial charge in [-0.3, -0.25) is 14.5 Å². The van der Waals surface area contributed by atoms with Gasteiger partial charge in [0, 0.05) is 18.7 Å². The normalized spacial score (nSPS) is 17.5. The van der Waals surface area contributed by atoms with Crippen LogP contribution in [0.25, 0.3) is 5.69 Å². The molecule has 1 fully saturated rings. The van der Waals surface area contributed by atoms with Gasteiger partial charge in [-0.25, -0.2) is 0 Å². The summed E-state index contributed by atoms with van der Waals surface area (Å²) >= 11 is 0. The van der Waals surface area contributed by atoms with E-state index in [1.165, 1.54) is 6.42 Å². The lowest BCUT2D eigenvalue weighted by atomic mass is 9.88. The number of carbonyl (C=O) groups is 2. The van der Waals surface area contributed by atoms with E-state index in [-0.39, 0.29) is 30.3 Å². The summed E-state index contributed by atoms with van der Waals surface area (Å²) in [5.41, 5.74) is 4.00. The predicted octanol–water partition coefficient (Wildman–Crippen LogP) is 6.12. The molecule has 0 radical (unpaired) electrons. The van der Waals surface area contributed by atoms with Crippen molar-refractivity contribution in [3.8, 4) is 5.69 Å². The van der Waals surface area contributed by atoms with Crippen LogP contribution < -0.4 is 4.90 Å². The molecule has 35 heavy (non-hydrogen) atoms. The third-order valence-electron chi connectivity index (χ3n) is 7.48. The van der Waals surface area contributed by atoms with E-state index in [2.05, 4.69) is 42.0 Å². The number of carbonyl (C=O) groups excluding carboxylic acids is 2. The molecule has 2 amide bonds. The average Bonchev–Trinajstić information content (AvgIpc) is 3.41. The first-order valence-electron chi connectivity index (χ1n) is 13.1. The van der Waals surface area contributed by atoms with Crippen LogP contribution in [0.15, 0.2) is 72.9 Å². The Labute approximate surface area is 208 Å². The second-order valence-corrected chi connectivity index (χ2v) is 9.82. The van der Waals surface area contributed by atoms with Crippen molar-refractivity contribution in [3.05, 3.63) is 84.2 Å². The molecule has 0 bridgehead atoms. The van der Waals surface area contributed by atoms with Gasteiger partial charge in [-0.2, -0.15) is 0 Å². The van der Waals surface area contributed by atoms with Crippen LogP contribution in [0.3, 0.4) is 0 Å². The average molecular weight is 470 g/mol. The van der Waals surface area contributed by atoms with Gasteiger partial charge in [0.05, 0.1) is 17.1 Å². The minimum absolute atomic E-state index is 0.0287. The molecular formula is C30H35N3O2. The minimum Gasteiger partial charge on any atom is -0.333 e. The minimum atomic E-state index is -0.244. The number of amides is 2. The number of anilines is 1. The second-order valence-electron chi connectivity index (χ2n) is 9.82. The van der Waals surface area contributed by atoms with Crippen molar-refractivity contribution < 1.29 is 9.59 Å². The fourth-order valence-electron chi connectivity index (χ4n) is 5.68. The van der Waals surface area contributed by atoms with E-state index >= 15 is 0 Å². The Morgan fingerprint density at radius 2 is 1.60 bits per heavy atom. The Morgan fingerprint density at radius 3 is 2.34 bits per heavy atom. The Morgan fingerprint density at radius 1 is 0.886 bits per heavy atom. The summed E-state index contributed by atoms with van der Waals surface area (Å²) in [6.45, 7) is 2.89. The topological polar surface area (TPSA) is 45.6 Å². The molecule has 5 heteroatoms. The molecule has 1 aliphatic carbocycles. The summed E-state index contributed by atoms with van der Waals surface area (Å²) in [6.07, 6.45) is 9.29. The zero-order valence-electron chi connectivity index (χ0n) is 20.6. The molecule has 0 saturated heterocycles. The highest BCUT2D eigenvalue weighted by Crippen LogP contribution is 2.42. The number of fused-ring (bicyclic) bond motifs is 3. The van der Waals surface area contributed by atoms with Crippen LogP contribution >= 0.6 is 0 Å². The molecule has 5 nitrogen and oxygen atoms in total. The number of unbranched alkanes of at least 4 members (excludes halogenated alkanes) is 1. The number of rotatable bonds is 7. The van der Waals surface area contributed by atoms with Crippen LogP contribution in [0.4, 0.5) is 5.69 Å². The first-order chi connectivity index (χ1) is 17.2. The molecule has 2 aliphatic rings. The molecule has 3 aromatic rings. The highest BCUT2D eigenvalue weighted by molar-refractivity contribution is 6.00. The van der Waals surface area contributed by atoms with E-state index in [1.807, 2.05) is 52.3 Å².